The number of aliphatic hydroxyl groups excluding tert-OH is 1. The van der Waals surface area contributed by atoms with Gasteiger partial charge >= 0.3 is 0 Å². The predicted octanol–water partition coefficient (Wildman–Crippen LogP) is 2.45. The van der Waals surface area contributed by atoms with Gasteiger partial charge < -0.3 is 15.7 Å². The lowest BCUT2D eigenvalue weighted by molar-refractivity contribution is -0.384. The van der Waals surface area contributed by atoms with Gasteiger partial charge in [0.1, 0.15) is 5.69 Å². The minimum atomic E-state index is -0.369. The molecule has 0 aliphatic heterocycles. The predicted molar refractivity (Wildman–Crippen MR) is 85.0 cm³/mol. The van der Waals surface area contributed by atoms with Crippen molar-refractivity contribution in [1.29, 1.82) is 0 Å². The third kappa shape index (κ3) is 4.84. The van der Waals surface area contributed by atoms with Gasteiger partial charge in [0.05, 0.1) is 11.0 Å². The van der Waals surface area contributed by atoms with Gasteiger partial charge in [0.15, 0.2) is 0 Å². The van der Waals surface area contributed by atoms with Gasteiger partial charge in [0.2, 0.25) is 0 Å². The minimum absolute atomic E-state index is 0. The van der Waals surface area contributed by atoms with E-state index < -0.39 is 0 Å². The molecule has 0 saturated heterocycles. The summed E-state index contributed by atoms with van der Waals surface area (Å²) in [5.74, 6) is 0. The molecular weight excluding hydrogens is 294 g/mol. The van der Waals surface area contributed by atoms with E-state index in [4.69, 9.17) is 0 Å². The van der Waals surface area contributed by atoms with Gasteiger partial charge in [0.25, 0.3) is 5.69 Å². The Morgan fingerprint density at radius 1 is 1.33 bits per heavy atom. The Bertz CT molecular complexity index is 477. The summed E-state index contributed by atoms with van der Waals surface area (Å²) in [6.07, 6.45) is 3.41. The van der Waals surface area contributed by atoms with E-state index in [0.29, 0.717) is 18.3 Å². The molecular formula is C14H22ClN3O3. The normalized spacial score (nSPS) is 21.4. The highest BCUT2D eigenvalue weighted by Crippen LogP contribution is 2.25. The highest BCUT2D eigenvalue weighted by Gasteiger charge is 2.19. The van der Waals surface area contributed by atoms with E-state index >= 15 is 0 Å². The van der Waals surface area contributed by atoms with E-state index in [1.165, 1.54) is 0 Å². The van der Waals surface area contributed by atoms with Crippen LogP contribution < -0.4 is 10.6 Å². The van der Waals surface area contributed by atoms with Crippen molar-refractivity contribution < 1.29 is 10.0 Å². The van der Waals surface area contributed by atoms with Crippen LogP contribution in [-0.2, 0) is 6.54 Å². The number of nitro groups is 1. The SMILES string of the molecule is CNc1ccc(CNC2CCC(O)CC2)cc1[N+](=O)[O-].Cl. The summed E-state index contributed by atoms with van der Waals surface area (Å²) in [4.78, 5) is 10.6. The van der Waals surface area contributed by atoms with Crippen LogP contribution in [0.1, 0.15) is 31.2 Å². The van der Waals surface area contributed by atoms with Crippen molar-refractivity contribution >= 4 is 23.8 Å². The van der Waals surface area contributed by atoms with E-state index in [2.05, 4.69) is 10.6 Å². The summed E-state index contributed by atoms with van der Waals surface area (Å²) in [6.45, 7) is 0.617. The van der Waals surface area contributed by atoms with Crippen molar-refractivity contribution in [2.45, 2.75) is 44.4 Å². The van der Waals surface area contributed by atoms with Crippen LogP contribution in [-0.4, -0.2) is 29.2 Å². The molecule has 6 nitrogen and oxygen atoms in total. The number of hydrogen-bond acceptors (Lipinski definition) is 5. The minimum Gasteiger partial charge on any atom is -0.393 e. The third-order valence-electron chi connectivity index (χ3n) is 3.82. The number of hydrogen-bond donors (Lipinski definition) is 3. The van der Waals surface area contributed by atoms with Crippen LogP contribution in [0, 0.1) is 10.1 Å². The topological polar surface area (TPSA) is 87.4 Å². The summed E-state index contributed by atoms with van der Waals surface area (Å²) in [7, 11) is 1.67. The average molecular weight is 316 g/mol. The summed E-state index contributed by atoms with van der Waals surface area (Å²) in [5, 5.41) is 26.7. The molecule has 0 bridgehead atoms. The highest BCUT2D eigenvalue weighted by molar-refractivity contribution is 5.85. The fourth-order valence-electron chi connectivity index (χ4n) is 2.59. The molecule has 7 heteroatoms. The number of nitrogens with zero attached hydrogens (tertiary/aromatic N) is 1. The largest absolute Gasteiger partial charge is 0.393 e. The summed E-state index contributed by atoms with van der Waals surface area (Å²) in [5.41, 5.74) is 1.53. The Hall–Kier alpha value is -1.37. The van der Waals surface area contributed by atoms with Gasteiger partial charge in [-0.05, 0) is 37.3 Å². The van der Waals surface area contributed by atoms with Gasteiger partial charge in [0, 0.05) is 25.7 Å². The van der Waals surface area contributed by atoms with E-state index in [1.54, 1.807) is 19.2 Å². The van der Waals surface area contributed by atoms with Crippen LogP contribution >= 0.6 is 12.4 Å². The summed E-state index contributed by atoms with van der Waals surface area (Å²) in [6, 6.07) is 5.63. The Balaban J connectivity index is 0.00000220. The first kappa shape index (κ1) is 17.7. The number of halogens is 1. The molecule has 0 spiro atoms. The van der Waals surface area contributed by atoms with Crippen LogP contribution in [0.4, 0.5) is 11.4 Å². The van der Waals surface area contributed by atoms with Gasteiger partial charge in [-0.25, -0.2) is 0 Å². The zero-order valence-electron chi connectivity index (χ0n) is 12.0. The quantitative estimate of drug-likeness (QED) is 0.574. The molecule has 0 amide bonds. The van der Waals surface area contributed by atoms with Crippen molar-refractivity contribution in [3.8, 4) is 0 Å². The fraction of sp³-hybridized carbons (Fsp3) is 0.571. The number of rotatable bonds is 5. The van der Waals surface area contributed by atoms with Crippen LogP contribution in [0.15, 0.2) is 18.2 Å². The van der Waals surface area contributed by atoms with Crippen molar-refractivity contribution in [2.75, 3.05) is 12.4 Å². The number of nitro benzene ring substituents is 1. The van der Waals surface area contributed by atoms with Crippen LogP contribution in [0.5, 0.6) is 0 Å². The Kier molecular flexibility index (Phi) is 6.87. The molecule has 1 saturated carbocycles. The third-order valence-corrected chi connectivity index (χ3v) is 3.82. The monoisotopic (exact) mass is 315 g/mol. The van der Waals surface area contributed by atoms with E-state index in [-0.39, 0.29) is 29.1 Å². The molecule has 1 aromatic rings. The van der Waals surface area contributed by atoms with Crippen LogP contribution in [0.2, 0.25) is 0 Å². The maximum atomic E-state index is 11.0. The van der Waals surface area contributed by atoms with Crippen molar-refractivity contribution in [2.24, 2.45) is 0 Å². The van der Waals surface area contributed by atoms with Crippen LogP contribution in [0.3, 0.4) is 0 Å². The molecule has 1 aliphatic rings. The first-order valence-corrected chi connectivity index (χ1v) is 6.96. The molecule has 0 heterocycles. The molecule has 0 radical (unpaired) electrons. The number of nitrogens with one attached hydrogen (secondary N) is 2. The Morgan fingerprint density at radius 2 is 2.00 bits per heavy atom. The zero-order valence-corrected chi connectivity index (χ0v) is 12.9. The molecule has 21 heavy (non-hydrogen) atoms. The summed E-state index contributed by atoms with van der Waals surface area (Å²) < 4.78 is 0. The summed E-state index contributed by atoms with van der Waals surface area (Å²) >= 11 is 0. The molecule has 2 rings (SSSR count). The second-order valence-electron chi connectivity index (χ2n) is 5.24. The molecule has 3 N–H and O–H groups in total. The number of anilines is 1. The smallest absolute Gasteiger partial charge is 0.292 e. The van der Waals surface area contributed by atoms with E-state index in [9.17, 15) is 15.2 Å². The lowest BCUT2D eigenvalue weighted by Crippen LogP contribution is -2.34. The molecule has 0 atom stereocenters. The van der Waals surface area contributed by atoms with Crippen molar-refractivity contribution in [3.63, 3.8) is 0 Å². The van der Waals surface area contributed by atoms with Crippen LogP contribution in [0.25, 0.3) is 0 Å². The van der Waals surface area contributed by atoms with Gasteiger partial charge in [-0.3, -0.25) is 10.1 Å². The molecule has 118 valence electrons. The van der Waals surface area contributed by atoms with E-state index in [0.717, 1.165) is 31.2 Å². The Labute approximate surface area is 130 Å². The average Bonchev–Trinajstić information content (AvgIpc) is 2.46. The van der Waals surface area contributed by atoms with Crippen molar-refractivity contribution in [1.82, 2.24) is 5.32 Å². The van der Waals surface area contributed by atoms with Gasteiger partial charge in [-0.2, -0.15) is 0 Å². The molecule has 1 fully saturated rings. The highest BCUT2D eigenvalue weighted by atomic mass is 35.5. The first-order valence-electron chi connectivity index (χ1n) is 6.96. The molecule has 1 aromatic carbocycles. The molecule has 1 aliphatic carbocycles. The van der Waals surface area contributed by atoms with Crippen molar-refractivity contribution in [3.05, 3.63) is 33.9 Å². The van der Waals surface area contributed by atoms with E-state index in [1.807, 2.05) is 6.07 Å². The first-order chi connectivity index (χ1) is 9.60. The standard InChI is InChI=1S/C14H21N3O3.ClH/c1-15-13-7-2-10(8-14(13)17(19)20)9-16-11-3-5-12(18)6-4-11;/h2,7-8,11-12,15-16,18H,3-6,9H2,1H3;1H. The lowest BCUT2D eigenvalue weighted by atomic mass is 9.93. The van der Waals surface area contributed by atoms with Gasteiger partial charge in [-0.15, -0.1) is 12.4 Å². The fourth-order valence-corrected chi connectivity index (χ4v) is 2.59. The maximum Gasteiger partial charge on any atom is 0.292 e. The van der Waals surface area contributed by atoms with Gasteiger partial charge in [-0.1, -0.05) is 6.07 Å². The second kappa shape index (κ2) is 8.17. The molecule has 0 aromatic heterocycles. The molecule has 0 unspecified atom stereocenters. The zero-order chi connectivity index (χ0) is 14.5. The Morgan fingerprint density at radius 3 is 2.57 bits per heavy atom. The second-order valence-corrected chi connectivity index (χ2v) is 5.24. The lowest BCUT2D eigenvalue weighted by Gasteiger charge is -2.26. The maximum absolute atomic E-state index is 11.0. The number of benzene rings is 1. The number of aliphatic hydroxyl groups is 1.